The van der Waals surface area contributed by atoms with E-state index in [0.29, 0.717) is 17.2 Å². The molecule has 3 N–H and O–H groups in total. The van der Waals surface area contributed by atoms with Crippen LogP contribution in [-0.4, -0.2) is 63.3 Å². The molecule has 1 aliphatic heterocycles. The number of ether oxygens (including phenoxy) is 1. The van der Waals surface area contributed by atoms with E-state index in [1.807, 2.05) is 6.07 Å². The van der Waals surface area contributed by atoms with Crippen molar-refractivity contribution in [2.75, 3.05) is 43.4 Å². The smallest absolute Gasteiger partial charge is 0.233 e. The SMILES string of the molecule is Cc1cc2c(F)c(Oc3cc(N4CCN(C)CC4)nc(Nc4cc(C(C)C)[nH]n4)n3)c(F)cc2[nH]1. The Kier molecular flexibility index (Phi) is 6.01. The van der Waals surface area contributed by atoms with Gasteiger partial charge in [0.15, 0.2) is 17.5 Å². The Morgan fingerprint density at radius 3 is 2.54 bits per heavy atom. The van der Waals surface area contributed by atoms with E-state index < -0.39 is 17.4 Å². The fraction of sp³-hybridized carbons (Fsp3) is 0.375. The predicted molar refractivity (Wildman–Crippen MR) is 131 cm³/mol. The summed E-state index contributed by atoms with van der Waals surface area (Å²) in [7, 11) is 2.06. The molecule has 1 aromatic carbocycles. The number of aromatic nitrogens is 5. The van der Waals surface area contributed by atoms with Crippen molar-refractivity contribution in [3.63, 3.8) is 0 Å². The fourth-order valence-corrected chi connectivity index (χ4v) is 4.05. The first-order valence-corrected chi connectivity index (χ1v) is 11.6. The summed E-state index contributed by atoms with van der Waals surface area (Å²) in [6.07, 6.45) is 0. The lowest BCUT2D eigenvalue weighted by atomic mass is 10.1. The minimum Gasteiger partial charge on any atom is -0.433 e. The van der Waals surface area contributed by atoms with Gasteiger partial charge in [-0.05, 0) is 26.0 Å². The molecule has 0 spiro atoms. The van der Waals surface area contributed by atoms with Crippen molar-refractivity contribution in [1.29, 1.82) is 0 Å². The van der Waals surface area contributed by atoms with E-state index in [0.717, 1.165) is 37.6 Å². The van der Waals surface area contributed by atoms with Crippen LogP contribution in [0, 0.1) is 18.6 Å². The molecular formula is C24H28F2N8O. The van der Waals surface area contributed by atoms with Gasteiger partial charge in [-0.1, -0.05) is 13.8 Å². The van der Waals surface area contributed by atoms with E-state index in [9.17, 15) is 4.39 Å². The summed E-state index contributed by atoms with van der Waals surface area (Å²) in [4.78, 5) is 16.3. The Balaban J connectivity index is 1.51. The van der Waals surface area contributed by atoms with Crippen LogP contribution in [0.3, 0.4) is 0 Å². The number of nitrogens with one attached hydrogen (secondary N) is 3. The Morgan fingerprint density at radius 1 is 1.06 bits per heavy atom. The number of hydrogen-bond acceptors (Lipinski definition) is 7. The van der Waals surface area contributed by atoms with Crippen LogP contribution in [0.1, 0.15) is 31.2 Å². The number of aryl methyl sites for hydroxylation is 1. The first kappa shape index (κ1) is 23.0. The van der Waals surface area contributed by atoms with E-state index in [2.05, 4.69) is 61.2 Å². The third-order valence-electron chi connectivity index (χ3n) is 6.09. The Morgan fingerprint density at radius 2 is 1.83 bits per heavy atom. The van der Waals surface area contributed by atoms with Gasteiger partial charge in [-0.15, -0.1) is 0 Å². The summed E-state index contributed by atoms with van der Waals surface area (Å²) in [5, 5.41) is 10.6. The van der Waals surface area contributed by atoms with Crippen LogP contribution in [0.2, 0.25) is 0 Å². The summed E-state index contributed by atoms with van der Waals surface area (Å²) < 4.78 is 35.7. The standard InChI is InChI=1S/C24H28F2N8O/c1-13(2)17-11-19(32-31-17)28-24-29-20(34-7-5-33(4)6-8-34)12-21(30-24)35-23-16(25)10-18-15(22(23)26)9-14(3)27-18/h9-13,27H,5-8H2,1-4H3,(H2,28,29,30,31,32). The molecule has 5 rings (SSSR count). The summed E-state index contributed by atoms with van der Waals surface area (Å²) in [5.74, 6) is -0.452. The van der Waals surface area contributed by atoms with Crippen molar-refractivity contribution >= 4 is 28.5 Å². The van der Waals surface area contributed by atoms with Gasteiger partial charge < -0.3 is 24.8 Å². The average molecular weight is 483 g/mol. The molecule has 0 atom stereocenters. The second kappa shape index (κ2) is 9.14. The molecule has 4 heterocycles. The van der Waals surface area contributed by atoms with Crippen LogP contribution in [-0.2, 0) is 0 Å². The van der Waals surface area contributed by atoms with Crippen LogP contribution in [0.25, 0.3) is 10.9 Å². The summed E-state index contributed by atoms with van der Waals surface area (Å²) in [5.41, 5.74) is 2.05. The molecule has 0 aliphatic carbocycles. The van der Waals surface area contributed by atoms with Crippen LogP contribution in [0.15, 0.2) is 24.3 Å². The number of nitrogens with zero attached hydrogens (tertiary/aromatic N) is 5. The van der Waals surface area contributed by atoms with Gasteiger partial charge in [0, 0.05) is 61.2 Å². The van der Waals surface area contributed by atoms with Gasteiger partial charge in [-0.2, -0.15) is 15.1 Å². The van der Waals surface area contributed by atoms with Crippen LogP contribution >= 0.6 is 0 Å². The summed E-state index contributed by atoms with van der Waals surface area (Å²) >= 11 is 0. The van der Waals surface area contributed by atoms with Crippen molar-refractivity contribution in [2.24, 2.45) is 0 Å². The van der Waals surface area contributed by atoms with Crippen molar-refractivity contribution in [3.05, 3.63) is 47.3 Å². The monoisotopic (exact) mass is 482 g/mol. The Hall–Kier alpha value is -3.73. The van der Waals surface area contributed by atoms with Gasteiger partial charge in [-0.3, -0.25) is 5.10 Å². The van der Waals surface area contributed by atoms with Gasteiger partial charge in [-0.25, -0.2) is 8.78 Å². The second-order valence-corrected chi connectivity index (χ2v) is 9.18. The van der Waals surface area contributed by atoms with E-state index in [-0.39, 0.29) is 23.1 Å². The molecule has 3 aromatic heterocycles. The molecule has 0 bridgehead atoms. The average Bonchev–Trinajstić information content (AvgIpc) is 3.43. The molecule has 9 nitrogen and oxygen atoms in total. The highest BCUT2D eigenvalue weighted by Gasteiger charge is 2.22. The maximum atomic E-state index is 15.2. The highest BCUT2D eigenvalue weighted by Crippen LogP contribution is 2.34. The number of benzene rings is 1. The van der Waals surface area contributed by atoms with Gasteiger partial charge in [0.2, 0.25) is 17.6 Å². The van der Waals surface area contributed by atoms with Crippen molar-refractivity contribution < 1.29 is 13.5 Å². The molecule has 1 saturated heterocycles. The number of anilines is 3. The topological polar surface area (TPSA) is 98.0 Å². The second-order valence-electron chi connectivity index (χ2n) is 9.18. The molecule has 0 unspecified atom stereocenters. The van der Waals surface area contributed by atoms with E-state index in [4.69, 9.17) is 4.74 Å². The van der Waals surface area contributed by atoms with Crippen LogP contribution in [0.4, 0.5) is 26.4 Å². The Bertz CT molecular complexity index is 1360. The van der Waals surface area contributed by atoms with E-state index in [1.165, 1.54) is 6.07 Å². The molecule has 4 aromatic rings. The lowest BCUT2D eigenvalue weighted by molar-refractivity contribution is 0.312. The number of halogens is 2. The minimum absolute atomic E-state index is 0.0282. The quantitative estimate of drug-likeness (QED) is 0.367. The van der Waals surface area contributed by atoms with Crippen molar-refractivity contribution in [2.45, 2.75) is 26.7 Å². The molecule has 11 heteroatoms. The van der Waals surface area contributed by atoms with Gasteiger partial charge >= 0.3 is 0 Å². The molecule has 1 fully saturated rings. The predicted octanol–water partition coefficient (Wildman–Crippen LogP) is 4.68. The van der Waals surface area contributed by atoms with Gasteiger partial charge in [0.1, 0.15) is 5.82 Å². The zero-order valence-corrected chi connectivity index (χ0v) is 20.1. The number of piperazine rings is 1. The fourth-order valence-electron chi connectivity index (χ4n) is 4.05. The highest BCUT2D eigenvalue weighted by molar-refractivity contribution is 5.83. The number of fused-ring (bicyclic) bond motifs is 1. The van der Waals surface area contributed by atoms with Gasteiger partial charge in [0.05, 0.1) is 5.52 Å². The lowest BCUT2D eigenvalue weighted by Gasteiger charge is -2.33. The van der Waals surface area contributed by atoms with Crippen molar-refractivity contribution in [1.82, 2.24) is 30.0 Å². The maximum Gasteiger partial charge on any atom is 0.233 e. The minimum atomic E-state index is -0.819. The molecule has 0 saturated carbocycles. The molecule has 184 valence electrons. The largest absolute Gasteiger partial charge is 0.433 e. The van der Waals surface area contributed by atoms with Crippen molar-refractivity contribution in [3.8, 4) is 11.6 Å². The zero-order valence-electron chi connectivity index (χ0n) is 20.1. The normalized spacial score (nSPS) is 14.8. The third kappa shape index (κ3) is 4.76. The van der Waals surface area contributed by atoms with E-state index in [1.54, 1.807) is 19.1 Å². The summed E-state index contributed by atoms with van der Waals surface area (Å²) in [6, 6.07) is 6.31. The number of likely N-dealkylation sites (N-methyl/N-ethyl adjacent to an activating group) is 1. The van der Waals surface area contributed by atoms with Crippen LogP contribution < -0.4 is 15.0 Å². The first-order valence-electron chi connectivity index (χ1n) is 11.6. The maximum absolute atomic E-state index is 15.2. The number of hydrogen-bond donors (Lipinski definition) is 3. The molecule has 35 heavy (non-hydrogen) atoms. The number of H-pyrrole nitrogens is 2. The van der Waals surface area contributed by atoms with Crippen LogP contribution in [0.5, 0.6) is 11.6 Å². The molecule has 0 amide bonds. The zero-order chi connectivity index (χ0) is 24.7. The molecule has 1 aliphatic rings. The molecule has 0 radical (unpaired) electrons. The third-order valence-corrected chi connectivity index (χ3v) is 6.09. The first-order chi connectivity index (χ1) is 16.8. The van der Waals surface area contributed by atoms with Gasteiger partial charge in [0.25, 0.3) is 0 Å². The van der Waals surface area contributed by atoms with E-state index >= 15 is 4.39 Å². The summed E-state index contributed by atoms with van der Waals surface area (Å²) in [6.45, 7) is 9.13. The molecular weight excluding hydrogens is 454 g/mol. The highest BCUT2D eigenvalue weighted by atomic mass is 19.1. The number of aromatic amines is 2. The Labute approximate surface area is 201 Å². The number of rotatable bonds is 6. The lowest BCUT2D eigenvalue weighted by Crippen LogP contribution is -2.44.